The topological polar surface area (TPSA) is 98.2 Å². The lowest BCUT2D eigenvalue weighted by atomic mass is 10.0. The smallest absolute Gasteiger partial charge is 0.269 e. The zero-order valence-corrected chi connectivity index (χ0v) is 17.3. The van der Waals surface area contributed by atoms with E-state index in [1.54, 1.807) is 4.90 Å². The summed E-state index contributed by atoms with van der Waals surface area (Å²) in [5.74, 6) is -0.248. The van der Waals surface area contributed by atoms with E-state index in [1.165, 1.54) is 28.2 Å². The molecule has 1 aliphatic rings. The van der Waals surface area contributed by atoms with Crippen LogP contribution < -0.4 is 16.0 Å². The van der Waals surface area contributed by atoms with Gasteiger partial charge in [-0.1, -0.05) is 18.3 Å². The number of nitrogen functional groups attached to an aromatic ring is 1. The number of thiophene rings is 1. The first-order chi connectivity index (χ1) is 13.0. The molecule has 0 spiro atoms. The fraction of sp³-hybridized carbons (Fsp3) is 0.444. The number of pyridine rings is 1. The Morgan fingerprint density at radius 3 is 2.89 bits per heavy atom. The molecule has 1 atom stereocenters. The summed E-state index contributed by atoms with van der Waals surface area (Å²) in [6.45, 7) is 8.54. The molecule has 0 fully saturated rings. The average molecular weight is 404 g/mol. The van der Waals surface area contributed by atoms with E-state index in [9.17, 15) is 4.79 Å². The second kappa shape index (κ2) is 7.14. The van der Waals surface area contributed by atoms with Gasteiger partial charge >= 0.3 is 0 Å². The number of rotatable bonds is 4. The van der Waals surface area contributed by atoms with Gasteiger partial charge < -0.3 is 10.6 Å². The number of aromatic nitrogens is 3. The van der Waals surface area contributed by atoms with Gasteiger partial charge in [0.05, 0.1) is 24.0 Å². The first kappa shape index (κ1) is 18.3. The largest absolute Gasteiger partial charge is 0.397 e. The third-order valence-corrected chi connectivity index (χ3v) is 7.10. The molecular formula is C18H23N6OS2+. The quantitative estimate of drug-likeness (QED) is 0.618. The van der Waals surface area contributed by atoms with Crippen LogP contribution >= 0.6 is 22.7 Å². The van der Waals surface area contributed by atoms with Crippen LogP contribution in [-0.4, -0.2) is 33.7 Å². The van der Waals surface area contributed by atoms with Gasteiger partial charge in [0.25, 0.3) is 5.91 Å². The molecule has 142 valence electrons. The first-order valence-corrected chi connectivity index (χ1v) is 10.8. The number of hydrogen-bond acceptors (Lipinski definition) is 7. The number of carbonyl (C=O) groups excluding carboxylic acids is 1. The van der Waals surface area contributed by atoms with Gasteiger partial charge in [-0.05, 0) is 26.3 Å². The standard InChI is InChI=1S/C18H22N6OS2/c1-4-13-22-23-18(26-13)21-16(25)15-14(19)11-7-10-8-24(9(2)3)6-5-12(10)20-17(11)27-15/h7,9H,4-6,8,19H2,1-3H3,(H,21,23,25)/p+1. The maximum absolute atomic E-state index is 12.7. The summed E-state index contributed by atoms with van der Waals surface area (Å²) < 4.78 is 0. The molecule has 1 amide bonds. The lowest BCUT2D eigenvalue weighted by Crippen LogP contribution is -3.14. The molecule has 0 saturated heterocycles. The minimum Gasteiger partial charge on any atom is -0.397 e. The van der Waals surface area contributed by atoms with Crippen LogP contribution in [0.3, 0.4) is 0 Å². The Labute approximate surface area is 165 Å². The van der Waals surface area contributed by atoms with Gasteiger partial charge in [0.2, 0.25) is 5.13 Å². The highest BCUT2D eigenvalue weighted by molar-refractivity contribution is 7.21. The third kappa shape index (κ3) is 3.42. The molecule has 4 N–H and O–H groups in total. The van der Waals surface area contributed by atoms with Crippen molar-refractivity contribution in [1.82, 2.24) is 15.2 Å². The lowest BCUT2D eigenvalue weighted by Gasteiger charge is -2.28. The summed E-state index contributed by atoms with van der Waals surface area (Å²) in [4.78, 5) is 20.4. The van der Waals surface area contributed by atoms with Crippen molar-refractivity contribution < 1.29 is 9.69 Å². The predicted molar refractivity (Wildman–Crippen MR) is 110 cm³/mol. The van der Waals surface area contributed by atoms with Gasteiger partial charge in [-0.25, -0.2) is 4.98 Å². The molecule has 0 aromatic carbocycles. The predicted octanol–water partition coefficient (Wildman–Crippen LogP) is 1.89. The summed E-state index contributed by atoms with van der Waals surface area (Å²) >= 11 is 2.73. The van der Waals surface area contributed by atoms with Gasteiger partial charge in [-0.3, -0.25) is 10.1 Å². The number of nitrogens with two attached hydrogens (primary N) is 1. The van der Waals surface area contributed by atoms with Crippen LogP contribution in [0.2, 0.25) is 0 Å². The SMILES string of the molecule is CCc1nnc(NC(=O)c2sc3nc4c(cc3c2N)C[NH+](C(C)C)CC4)s1. The molecule has 9 heteroatoms. The zero-order chi connectivity index (χ0) is 19.1. The third-order valence-electron chi connectivity index (χ3n) is 5.00. The van der Waals surface area contributed by atoms with E-state index in [0.717, 1.165) is 46.8 Å². The Kier molecular flexibility index (Phi) is 4.83. The van der Waals surface area contributed by atoms with Crippen LogP contribution in [0.4, 0.5) is 10.8 Å². The van der Waals surface area contributed by atoms with Crippen LogP contribution in [0.25, 0.3) is 10.2 Å². The average Bonchev–Trinajstić information content (AvgIpc) is 3.24. The molecule has 4 heterocycles. The summed E-state index contributed by atoms with van der Waals surface area (Å²) in [6, 6.07) is 2.71. The molecule has 1 unspecified atom stereocenters. The number of anilines is 2. The van der Waals surface area contributed by atoms with E-state index in [2.05, 4.69) is 35.4 Å². The fourth-order valence-corrected chi connectivity index (χ4v) is 5.03. The molecule has 7 nitrogen and oxygen atoms in total. The van der Waals surface area contributed by atoms with Crippen molar-refractivity contribution >= 4 is 49.6 Å². The van der Waals surface area contributed by atoms with Crippen LogP contribution in [0, 0.1) is 0 Å². The molecule has 3 aromatic heterocycles. The van der Waals surface area contributed by atoms with Crippen molar-refractivity contribution in [2.45, 2.75) is 46.2 Å². The number of nitrogens with one attached hydrogen (secondary N) is 2. The fourth-order valence-electron chi connectivity index (χ4n) is 3.36. The lowest BCUT2D eigenvalue weighted by molar-refractivity contribution is -0.936. The Morgan fingerprint density at radius 2 is 2.19 bits per heavy atom. The summed E-state index contributed by atoms with van der Waals surface area (Å²) in [6.07, 6.45) is 1.76. The second-order valence-electron chi connectivity index (χ2n) is 7.09. The van der Waals surface area contributed by atoms with E-state index >= 15 is 0 Å². The molecule has 0 bridgehead atoms. The maximum atomic E-state index is 12.7. The zero-order valence-electron chi connectivity index (χ0n) is 15.6. The number of carbonyl (C=O) groups is 1. The number of amides is 1. The van der Waals surface area contributed by atoms with E-state index < -0.39 is 0 Å². The van der Waals surface area contributed by atoms with Crippen LogP contribution in [0.1, 0.15) is 46.7 Å². The van der Waals surface area contributed by atoms with Crippen LogP contribution in [-0.2, 0) is 19.4 Å². The molecule has 4 rings (SSSR count). The number of nitrogens with zero attached hydrogens (tertiary/aromatic N) is 3. The molecule has 3 aromatic rings. The Balaban J connectivity index is 1.64. The summed E-state index contributed by atoms with van der Waals surface area (Å²) in [5.41, 5.74) is 9.20. The van der Waals surface area contributed by atoms with E-state index in [4.69, 9.17) is 10.7 Å². The minimum atomic E-state index is -0.248. The maximum Gasteiger partial charge on any atom is 0.269 e. The molecule has 1 aliphatic heterocycles. The van der Waals surface area contributed by atoms with Gasteiger partial charge in [-0.2, -0.15) is 0 Å². The van der Waals surface area contributed by atoms with Crippen molar-refractivity contribution in [3.05, 3.63) is 27.2 Å². The van der Waals surface area contributed by atoms with Crippen LogP contribution in [0.15, 0.2) is 6.07 Å². The Morgan fingerprint density at radius 1 is 1.37 bits per heavy atom. The first-order valence-electron chi connectivity index (χ1n) is 9.15. The van der Waals surface area contributed by atoms with Crippen molar-refractivity contribution in [1.29, 1.82) is 0 Å². The monoisotopic (exact) mass is 403 g/mol. The molecular weight excluding hydrogens is 380 g/mol. The van der Waals surface area contributed by atoms with Crippen LogP contribution in [0.5, 0.6) is 0 Å². The highest BCUT2D eigenvalue weighted by Crippen LogP contribution is 2.34. The Bertz CT molecular complexity index is 1010. The van der Waals surface area contributed by atoms with Crippen molar-refractivity contribution in [2.24, 2.45) is 0 Å². The molecule has 0 saturated carbocycles. The van der Waals surface area contributed by atoms with Gasteiger partial charge in [-0.15, -0.1) is 21.5 Å². The van der Waals surface area contributed by atoms with Crippen molar-refractivity contribution in [3.8, 4) is 0 Å². The van der Waals surface area contributed by atoms with Crippen molar-refractivity contribution in [3.63, 3.8) is 0 Å². The van der Waals surface area contributed by atoms with Crippen molar-refractivity contribution in [2.75, 3.05) is 17.6 Å². The summed E-state index contributed by atoms with van der Waals surface area (Å²) in [5, 5.41) is 13.1. The van der Waals surface area contributed by atoms with E-state index in [-0.39, 0.29) is 5.91 Å². The molecule has 27 heavy (non-hydrogen) atoms. The van der Waals surface area contributed by atoms with E-state index in [1.807, 2.05) is 6.92 Å². The van der Waals surface area contributed by atoms with E-state index in [0.29, 0.717) is 21.7 Å². The Hall–Kier alpha value is -2.10. The molecule has 0 radical (unpaired) electrons. The second-order valence-corrected chi connectivity index (χ2v) is 9.15. The van der Waals surface area contributed by atoms with Gasteiger partial charge in [0.15, 0.2) is 0 Å². The number of quaternary nitrogens is 1. The normalized spacial score (nSPS) is 16.7. The number of fused-ring (bicyclic) bond motifs is 2. The number of aryl methyl sites for hydroxylation is 1. The number of hydrogen-bond donors (Lipinski definition) is 3. The van der Waals surface area contributed by atoms with Gasteiger partial charge in [0, 0.05) is 17.4 Å². The van der Waals surface area contributed by atoms with Gasteiger partial charge in [0.1, 0.15) is 21.3 Å². The highest BCUT2D eigenvalue weighted by Gasteiger charge is 2.26. The molecule has 0 aliphatic carbocycles. The highest BCUT2D eigenvalue weighted by atomic mass is 32.1. The summed E-state index contributed by atoms with van der Waals surface area (Å²) in [7, 11) is 0. The minimum absolute atomic E-state index is 0.248.